The zero-order valence-electron chi connectivity index (χ0n) is 14.5. The maximum atomic E-state index is 12.1. The molecule has 25 heavy (non-hydrogen) atoms. The minimum atomic E-state index is -0.750. The van der Waals surface area contributed by atoms with Gasteiger partial charge in [0.2, 0.25) is 0 Å². The molecule has 0 saturated heterocycles. The maximum absolute atomic E-state index is 12.1. The summed E-state index contributed by atoms with van der Waals surface area (Å²) in [7, 11) is 0. The lowest BCUT2D eigenvalue weighted by atomic mass is 9.84. The molecule has 0 bridgehead atoms. The normalized spacial score (nSPS) is 15.1. The lowest BCUT2D eigenvalue weighted by molar-refractivity contribution is -0.139. The highest BCUT2D eigenvalue weighted by atomic mass is 16.5. The minimum Gasteiger partial charge on any atom is -0.463 e. The van der Waals surface area contributed by atoms with Crippen molar-refractivity contribution in [3.63, 3.8) is 0 Å². The monoisotopic (exact) mass is 344 g/mol. The van der Waals surface area contributed by atoms with Crippen molar-refractivity contribution < 1.29 is 23.9 Å². The summed E-state index contributed by atoms with van der Waals surface area (Å²) in [6.45, 7) is 1.55. The van der Waals surface area contributed by atoms with Crippen molar-refractivity contribution >= 4 is 17.7 Å². The number of carbonyl (C=O) groups excluding carboxylic acids is 3. The van der Waals surface area contributed by atoms with Crippen molar-refractivity contribution in [3.05, 3.63) is 47.5 Å². The van der Waals surface area contributed by atoms with E-state index in [9.17, 15) is 14.4 Å². The number of Topliss-reactive ketones (excluding diaryl/α,β-unsaturated/α-hetero) is 1. The van der Waals surface area contributed by atoms with Crippen LogP contribution in [0.15, 0.2) is 36.4 Å². The summed E-state index contributed by atoms with van der Waals surface area (Å²) in [4.78, 5) is 34.6. The van der Waals surface area contributed by atoms with Crippen LogP contribution in [0, 0.1) is 0 Å². The molecule has 134 valence electrons. The standard InChI is InChI=1S/C20H24O5/c1-2-24-19(22)12-13-20(23)25-14-18(21)17-10-8-16(9-11-17)15-6-4-3-5-7-15/h8-13,15H,2-7,14H2,1H3/b13-12+. The molecule has 0 spiro atoms. The number of carbonyl (C=O) groups is 3. The highest BCUT2D eigenvalue weighted by molar-refractivity contribution is 5.99. The number of rotatable bonds is 7. The molecule has 1 fully saturated rings. The van der Waals surface area contributed by atoms with Gasteiger partial charge in [-0.05, 0) is 31.2 Å². The van der Waals surface area contributed by atoms with Crippen LogP contribution in [0.2, 0.25) is 0 Å². The van der Waals surface area contributed by atoms with E-state index in [1.54, 1.807) is 19.1 Å². The second kappa shape index (κ2) is 9.77. The number of benzene rings is 1. The molecular weight excluding hydrogens is 320 g/mol. The van der Waals surface area contributed by atoms with Crippen molar-refractivity contribution in [1.29, 1.82) is 0 Å². The first-order chi connectivity index (χ1) is 12.1. The van der Waals surface area contributed by atoms with E-state index in [4.69, 9.17) is 4.74 Å². The van der Waals surface area contributed by atoms with Crippen LogP contribution in [0.3, 0.4) is 0 Å². The number of hydrogen-bond donors (Lipinski definition) is 0. The highest BCUT2D eigenvalue weighted by Gasteiger charge is 2.16. The summed E-state index contributed by atoms with van der Waals surface area (Å²) in [6.07, 6.45) is 8.19. The Morgan fingerprint density at radius 1 is 0.960 bits per heavy atom. The van der Waals surface area contributed by atoms with Crippen molar-refractivity contribution in [2.45, 2.75) is 44.9 Å². The Kier molecular flexibility index (Phi) is 7.38. The molecule has 0 N–H and O–H groups in total. The Labute approximate surface area is 148 Å². The molecule has 2 rings (SSSR count). The molecule has 1 aliphatic rings. The molecule has 0 aromatic heterocycles. The first-order valence-electron chi connectivity index (χ1n) is 8.75. The topological polar surface area (TPSA) is 69.7 Å². The molecule has 0 heterocycles. The van der Waals surface area contributed by atoms with Crippen LogP contribution >= 0.6 is 0 Å². The van der Waals surface area contributed by atoms with Gasteiger partial charge in [-0.15, -0.1) is 0 Å². The van der Waals surface area contributed by atoms with Gasteiger partial charge in [0.15, 0.2) is 12.4 Å². The van der Waals surface area contributed by atoms with Crippen LogP contribution in [0.1, 0.15) is 60.9 Å². The van der Waals surface area contributed by atoms with Gasteiger partial charge in [0.25, 0.3) is 0 Å². The van der Waals surface area contributed by atoms with Crippen molar-refractivity contribution in [2.24, 2.45) is 0 Å². The van der Waals surface area contributed by atoms with Crippen molar-refractivity contribution in [2.75, 3.05) is 13.2 Å². The van der Waals surface area contributed by atoms with Crippen LogP contribution < -0.4 is 0 Å². The van der Waals surface area contributed by atoms with Gasteiger partial charge in [0, 0.05) is 17.7 Å². The average Bonchev–Trinajstić information content (AvgIpc) is 2.65. The van der Waals surface area contributed by atoms with Crippen LogP contribution in [-0.2, 0) is 19.1 Å². The van der Waals surface area contributed by atoms with Gasteiger partial charge in [-0.2, -0.15) is 0 Å². The Balaban J connectivity index is 1.82. The molecule has 5 heteroatoms. The molecule has 1 aromatic carbocycles. The van der Waals surface area contributed by atoms with E-state index >= 15 is 0 Å². The van der Waals surface area contributed by atoms with Crippen LogP contribution in [0.4, 0.5) is 0 Å². The molecule has 1 saturated carbocycles. The van der Waals surface area contributed by atoms with Gasteiger partial charge in [0.1, 0.15) is 0 Å². The van der Waals surface area contributed by atoms with Crippen molar-refractivity contribution in [1.82, 2.24) is 0 Å². The fourth-order valence-electron chi connectivity index (χ4n) is 2.97. The van der Waals surface area contributed by atoms with Crippen LogP contribution in [-0.4, -0.2) is 30.9 Å². The largest absolute Gasteiger partial charge is 0.463 e. The highest BCUT2D eigenvalue weighted by Crippen LogP contribution is 2.32. The second-order valence-electron chi connectivity index (χ2n) is 6.07. The fourth-order valence-corrected chi connectivity index (χ4v) is 2.97. The number of ketones is 1. The van der Waals surface area contributed by atoms with E-state index in [-0.39, 0.29) is 19.0 Å². The smallest absolute Gasteiger partial charge is 0.331 e. The zero-order valence-corrected chi connectivity index (χ0v) is 14.5. The lowest BCUT2D eigenvalue weighted by Gasteiger charge is -2.22. The summed E-state index contributed by atoms with van der Waals surface area (Å²) in [5.41, 5.74) is 1.78. The zero-order chi connectivity index (χ0) is 18.1. The fraction of sp³-hybridized carbons (Fsp3) is 0.450. The Morgan fingerprint density at radius 2 is 1.56 bits per heavy atom. The van der Waals surface area contributed by atoms with E-state index in [2.05, 4.69) is 4.74 Å². The second-order valence-corrected chi connectivity index (χ2v) is 6.07. The minimum absolute atomic E-state index is 0.230. The molecule has 1 aliphatic carbocycles. The van der Waals surface area contributed by atoms with Crippen LogP contribution in [0.5, 0.6) is 0 Å². The molecule has 0 aliphatic heterocycles. The molecule has 5 nitrogen and oxygen atoms in total. The van der Waals surface area contributed by atoms with E-state index in [0.717, 1.165) is 12.2 Å². The summed E-state index contributed by atoms with van der Waals surface area (Å²) in [5, 5.41) is 0. The van der Waals surface area contributed by atoms with E-state index in [1.165, 1.54) is 37.7 Å². The SMILES string of the molecule is CCOC(=O)/C=C/C(=O)OCC(=O)c1ccc(C2CCCCC2)cc1. The van der Waals surface area contributed by atoms with Gasteiger partial charge in [-0.25, -0.2) is 9.59 Å². The van der Waals surface area contributed by atoms with Gasteiger partial charge < -0.3 is 9.47 Å². The quantitative estimate of drug-likeness (QED) is 0.429. The molecule has 0 amide bonds. The van der Waals surface area contributed by atoms with E-state index < -0.39 is 11.9 Å². The third-order valence-corrected chi connectivity index (χ3v) is 4.30. The van der Waals surface area contributed by atoms with Crippen LogP contribution in [0.25, 0.3) is 0 Å². The third kappa shape index (κ3) is 6.18. The maximum Gasteiger partial charge on any atom is 0.331 e. The van der Waals surface area contributed by atoms with E-state index in [1.807, 2.05) is 12.1 Å². The summed E-state index contributed by atoms with van der Waals surface area (Å²) >= 11 is 0. The summed E-state index contributed by atoms with van der Waals surface area (Å²) < 4.78 is 9.50. The predicted octanol–water partition coefficient (Wildman–Crippen LogP) is 3.58. The Hall–Kier alpha value is -2.43. The van der Waals surface area contributed by atoms with Gasteiger partial charge in [0.05, 0.1) is 6.61 Å². The van der Waals surface area contributed by atoms with Crippen molar-refractivity contribution in [3.8, 4) is 0 Å². The molecule has 0 unspecified atom stereocenters. The molecule has 0 radical (unpaired) electrons. The van der Waals surface area contributed by atoms with Gasteiger partial charge >= 0.3 is 11.9 Å². The summed E-state index contributed by atoms with van der Waals surface area (Å²) in [5.74, 6) is -1.05. The Morgan fingerprint density at radius 3 is 2.16 bits per heavy atom. The third-order valence-electron chi connectivity index (χ3n) is 4.30. The Bertz CT molecular complexity index is 624. The first kappa shape index (κ1) is 18.9. The molecular formula is C20H24O5. The van der Waals surface area contributed by atoms with Gasteiger partial charge in [-0.1, -0.05) is 43.5 Å². The molecule has 0 atom stereocenters. The number of ether oxygens (including phenoxy) is 2. The predicted molar refractivity (Wildman–Crippen MR) is 93.3 cm³/mol. The first-order valence-corrected chi connectivity index (χ1v) is 8.75. The average molecular weight is 344 g/mol. The number of esters is 2. The summed E-state index contributed by atoms with van der Waals surface area (Å²) in [6, 6.07) is 7.56. The number of hydrogen-bond acceptors (Lipinski definition) is 5. The van der Waals surface area contributed by atoms with Gasteiger partial charge in [-0.3, -0.25) is 4.79 Å². The van der Waals surface area contributed by atoms with E-state index in [0.29, 0.717) is 11.5 Å². The molecule has 1 aromatic rings. The lowest BCUT2D eigenvalue weighted by Crippen LogP contribution is -2.13.